The molecule has 2 aromatic rings. The molecule has 0 N–H and O–H groups in total. The molecule has 7 heteroatoms. The number of hydrogen-bond acceptors (Lipinski definition) is 6. The summed E-state index contributed by atoms with van der Waals surface area (Å²) in [5.74, 6) is 1.48. The second-order valence-corrected chi connectivity index (χ2v) is 5.26. The van der Waals surface area contributed by atoms with Gasteiger partial charge in [-0.05, 0) is 28.4 Å². The first kappa shape index (κ1) is 12.6. The van der Waals surface area contributed by atoms with Gasteiger partial charge in [0.1, 0.15) is 11.9 Å². The fourth-order valence-electron chi connectivity index (χ4n) is 2.13. The maximum atomic E-state index is 5.96. The molecular weight excluding hydrogens is 312 g/mol. The molecule has 3 rings (SSSR count). The van der Waals surface area contributed by atoms with Crippen molar-refractivity contribution in [3.05, 3.63) is 35.2 Å². The Morgan fingerprint density at radius 2 is 2.47 bits per heavy atom. The molecule has 1 fully saturated rings. The standard InChI is InChI=1S/C12H13BrN4O2/c13-10-5-14-3-1-11(10)19-9-2-4-17(6-9)7-12-16-15-8-18-12/h1,3,5,8-9H,2,4,6-7H2. The average molecular weight is 325 g/mol. The fraction of sp³-hybridized carbons (Fsp3) is 0.417. The highest BCUT2D eigenvalue weighted by molar-refractivity contribution is 9.10. The van der Waals surface area contributed by atoms with Crippen molar-refractivity contribution < 1.29 is 9.15 Å². The molecule has 2 aromatic heterocycles. The van der Waals surface area contributed by atoms with Crippen LogP contribution in [0.3, 0.4) is 0 Å². The highest BCUT2D eigenvalue weighted by Gasteiger charge is 2.25. The summed E-state index contributed by atoms with van der Waals surface area (Å²) in [6.07, 6.45) is 5.99. The van der Waals surface area contributed by atoms with Crippen LogP contribution in [0.4, 0.5) is 0 Å². The normalized spacial score (nSPS) is 19.7. The van der Waals surface area contributed by atoms with Gasteiger partial charge in [0, 0.05) is 25.5 Å². The summed E-state index contributed by atoms with van der Waals surface area (Å²) in [5.41, 5.74) is 0. The van der Waals surface area contributed by atoms with Gasteiger partial charge in [-0.1, -0.05) is 0 Å². The summed E-state index contributed by atoms with van der Waals surface area (Å²) in [5, 5.41) is 7.56. The van der Waals surface area contributed by atoms with E-state index in [2.05, 4.69) is 36.0 Å². The molecule has 1 aliphatic heterocycles. The van der Waals surface area contributed by atoms with Gasteiger partial charge >= 0.3 is 0 Å². The first-order valence-corrected chi connectivity index (χ1v) is 6.84. The van der Waals surface area contributed by atoms with E-state index in [0.717, 1.165) is 29.7 Å². The van der Waals surface area contributed by atoms with Crippen molar-refractivity contribution >= 4 is 15.9 Å². The van der Waals surface area contributed by atoms with Gasteiger partial charge in [0.05, 0.1) is 11.0 Å². The number of nitrogens with zero attached hydrogens (tertiary/aromatic N) is 4. The molecule has 0 aromatic carbocycles. The SMILES string of the molecule is Brc1cnccc1OC1CCN(Cc2nnco2)C1. The van der Waals surface area contributed by atoms with E-state index in [-0.39, 0.29) is 6.10 Å². The maximum absolute atomic E-state index is 5.96. The molecule has 0 spiro atoms. The third-order valence-corrected chi connectivity index (χ3v) is 3.62. The molecule has 0 saturated carbocycles. The van der Waals surface area contributed by atoms with Gasteiger partial charge < -0.3 is 9.15 Å². The lowest BCUT2D eigenvalue weighted by atomic mass is 10.3. The summed E-state index contributed by atoms with van der Waals surface area (Å²) < 4.78 is 12.0. The summed E-state index contributed by atoms with van der Waals surface area (Å²) in [4.78, 5) is 6.26. The molecule has 0 bridgehead atoms. The Labute approximate surface area is 118 Å². The zero-order chi connectivity index (χ0) is 13.1. The summed E-state index contributed by atoms with van der Waals surface area (Å²) in [6.45, 7) is 2.50. The van der Waals surface area contributed by atoms with Crippen molar-refractivity contribution in [1.29, 1.82) is 0 Å². The second-order valence-electron chi connectivity index (χ2n) is 4.40. The van der Waals surface area contributed by atoms with Gasteiger partial charge in [0.25, 0.3) is 0 Å². The van der Waals surface area contributed by atoms with E-state index in [1.807, 2.05) is 6.07 Å². The number of ether oxygens (including phenoxy) is 1. The maximum Gasteiger partial charge on any atom is 0.230 e. The van der Waals surface area contributed by atoms with Gasteiger partial charge in [0.15, 0.2) is 0 Å². The van der Waals surface area contributed by atoms with Crippen molar-refractivity contribution in [2.24, 2.45) is 0 Å². The van der Waals surface area contributed by atoms with Crippen LogP contribution >= 0.6 is 15.9 Å². The van der Waals surface area contributed by atoms with Crippen LogP contribution in [0.15, 0.2) is 33.7 Å². The lowest BCUT2D eigenvalue weighted by Crippen LogP contribution is -2.24. The van der Waals surface area contributed by atoms with Gasteiger partial charge in [-0.3, -0.25) is 9.88 Å². The van der Waals surface area contributed by atoms with Gasteiger partial charge in [-0.2, -0.15) is 0 Å². The summed E-state index contributed by atoms with van der Waals surface area (Å²) in [6, 6.07) is 1.87. The van der Waals surface area contributed by atoms with Crippen LogP contribution in [0.1, 0.15) is 12.3 Å². The van der Waals surface area contributed by atoms with Crippen LogP contribution < -0.4 is 4.74 Å². The second kappa shape index (κ2) is 5.66. The quantitative estimate of drug-likeness (QED) is 0.855. The summed E-state index contributed by atoms with van der Waals surface area (Å²) >= 11 is 3.43. The number of halogens is 1. The molecule has 0 amide bonds. The third kappa shape index (κ3) is 3.10. The minimum Gasteiger partial charge on any atom is -0.488 e. The van der Waals surface area contributed by atoms with Crippen LogP contribution in [0.5, 0.6) is 5.75 Å². The van der Waals surface area contributed by atoms with E-state index in [1.54, 1.807) is 12.4 Å². The van der Waals surface area contributed by atoms with Gasteiger partial charge in [-0.15, -0.1) is 10.2 Å². The number of rotatable bonds is 4. The number of aromatic nitrogens is 3. The smallest absolute Gasteiger partial charge is 0.230 e. The van der Waals surface area contributed by atoms with Gasteiger partial charge in [0.2, 0.25) is 12.3 Å². The van der Waals surface area contributed by atoms with Crippen LogP contribution in [0.25, 0.3) is 0 Å². The highest BCUT2D eigenvalue weighted by atomic mass is 79.9. The molecule has 1 aliphatic rings. The van der Waals surface area contributed by atoms with Crippen molar-refractivity contribution in [2.45, 2.75) is 19.1 Å². The Kier molecular flexibility index (Phi) is 3.74. The predicted molar refractivity (Wildman–Crippen MR) is 70.5 cm³/mol. The minimum atomic E-state index is 0.182. The van der Waals surface area contributed by atoms with Crippen LogP contribution in [-0.4, -0.2) is 39.3 Å². The molecule has 3 heterocycles. The molecule has 0 aliphatic carbocycles. The van der Waals surface area contributed by atoms with Crippen LogP contribution in [0, 0.1) is 0 Å². The molecule has 1 unspecified atom stereocenters. The monoisotopic (exact) mass is 324 g/mol. The van der Waals surface area contributed by atoms with Crippen molar-refractivity contribution in [3.63, 3.8) is 0 Å². The van der Waals surface area contributed by atoms with E-state index < -0.39 is 0 Å². The van der Waals surface area contributed by atoms with E-state index in [9.17, 15) is 0 Å². The zero-order valence-electron chi connectivity index (χ0n) is 10.2. The Balaban J connectivity index is 1.56. The van der Waals surface area contributed by atoms with E-state index in [0.29, 0.717) is 12.4 Å². The van der Waals surface area contributed by atoms with E-state index in [4.69, 9.17) is 9.15 Å². The molecule has 1 atom stereocenters. The minimum absolute atomic E-state index is 0.182. The predicted octanol–water partition coefficient (Wildman–Crippen LogP) is 1.88. The molecule has 0 radical (unpaired) electrons. The fourth-order valence-corrected chi connectivity index (χ4v) is 2.47. The molecule has 6 nitrogen and oxygen atoms in total. The Hall–Kier alpha value is -1.47. The Morgan fingerprint density at radius 3 is 3.26 bits per heavy atom. The first-order chi connectivity index (χ1) is 9.31. The van der Waals surface area contributed by atoms with E-state index in [1.165, 1.54) is 6.39 Å². The topological polar surface area (TPSA) is 64.3 Å². The highest BCUT2D eigenvalue weighted by Crippen LogP contribution is 2.26. The molecule has 19 heavy (non-hydrogen) atoms. The van der Waals surface area contributed by atoms with E-state index >= 15 is 0 Å². The Bertz CT molecular complexity index is 534. The number of pyridine rings is 1. The lowest BCUT2D eigenvalue weighted by molar-refractivity contribution is 0.192. The Morgan fingerprint density at radius 1 is 1.53 bits per heavy atom. The molecular formula is C12H13BrN4O2. The lowest BCUT2D eigenvalue weighted by Gasteiger charge is -2.15. The van der Waals surface area contributed by atoms with Crippen molar-refractivity contribution in [2.75, 3.05) is 13.1 Å². The molecule has 1 saturated heterocycles. The first-order valence-electron chi connectivity index (χ1n) is 6.05. The summed E-state index contributed by atoms with van der Waals surface area (Å²) in [7, 11) is 0. The van der Waals surface area contributed by atoms with Crippen molar-refractivity contribution in [3.8, 4) is 5.75 Å². The number of hydrogen-bond donors (Lipinski definition) is 0. The third-order valence-electron chi connectivity index (χ3n) is 3.02. The van der Waals surface area contributed by atoms with Gasteiger partial charge in [-0.25, -0.2) is 0 Å². The van der Waals surface area contributed by atoms with Crippen LogP contribution in [-0.2, 0) is 6.54 Å². The van der Waals surface area contributed by atoms with Crippen LogP contribution in [0.2, 0.25) is 0 Å². The molecule has 100 valence electrons. The largest absolute Gasteiger partial charge is 0.488 e. The number of likely N-dealkylation sites (tertiary alicyclic amines) is 1. The average Bonchev–Trinajstić information content (AvgIpc) is 3.05. The zero-order valence-corrected chi connectivity index (χ0v) is 11.8. The van der Waals surface area contributed by atoms with Crippen molar-refractivity contribution in [1.82, 2.24) is 20.1 Å².